The number of benzene rings is 1. The number of aliphatic hydroxyl groups is 1. The molecule has 8 heteroatoms. The SMILES string of the molecule is O=[N+]([O-])c1ccc(NCC(F)(F)CO)c2ncccc12. The van der Waals surface area contributed by atoms with Gasteiger partial charge < -0.3 is 10.4 Å². The lowest BCUT2D eigenvalue weighted by molar-refractivity contribution is -0.383. The zero-order valence-corrected chi connectivity index (χ0v) is 10.2. The van der Waals surface area contributed by atoms with E-state index in [9.17, 15) is 18.9 Å². The van der Waals surface area contributed by atoms with Crippen LogP contribution >= 0.6 is 0 Å². The third kappa shape index (κ3) is 2.80. The lowest BCUT2D eigenvalue weighted by Crippen LogP contribution is -2.31. The molecular formula is C12H11F2N3O3. The van der Waals surface area contributed by atoms with Gasteiger partial charge in [-0.05, 0) is 18.2 Å². The van der Waals surface area contributed by atoms with E-state index < -0.39 is 24.0 Å². The number of hydrogen-bond donors (Lipinski definition) is 2. The second kappa shape index (κ2) is 5.33. The van der Waals surface area contributed by atoms with Crippen molar-refractivity contribution in [2.75, 3.05) is 18.5 Å². The summed E-state index contributed by atoms with van der Waals surface area (Å²) in [4.78, 5) is 14.3. The molecule has 0 radical (unpaired) electrons. The largest absolute Gasteiger partial charge is 0.390 e. The molecule has 0 aliphatic carbocycles. The number of rotatable bonds is 5. The van der Waals surface area contributed by atoms with E-state index in [0.29, 0.717) is 0 Å². The number of aliphatic hydroxyl groups excluding tert-OH is 1. The molecule has 0 unspecified atom stereocenters. The van der Waals surface area contributed by atoms with E-state index in [4.69, 9.17) is 5.11 Å². The van der Waals surface area contributed by atoms with E-state index in [0.717, 1.165) is 0 Å². The van der Waals surface area contributed by atoms with Crippen molar-refractivity contribution in [1.82, 2.24) is 4.98 Å². The number of halogens is 2. The second-order valence-electron chi connectivity index (χ2n) is 4.16. The van der Waals surface area contributed by atoms with Crippen molar-refractivity contribution in [3.63, 3.8) is 0 Å². The average molecular weight is 283 g/mol. The van der Waals surface area contributed by atoms with E-state index in [1.807, 2.05) is 0 Å². The summed E-state index contributed by atoms with van der Waals surface area (Å²) >= 11 is 0. The summed E-state index contributed by atoms with van der Waals surface area (Å²) in [5.74, 6) is -3.27. The number of alkyl halides is 2. The molecule has 0 fully saturated rings. The van der Waals surface area contributed by atoms with Crippen molar-refractivity contribution in [3.8, 4) is 0 Å². The number of nitrogens with zero attached hydrogens (tertiary/aromatic N) is 2. The fourth-order valence-electron chi connectivity index (χ4n) is 1.74. The summed E-state index contributed by atoms with van der Waals surface area (Å²) < 4.78 is 26.0. The Hall–Kier alpha value is -2.35. The Labute approximate surface area is 112 Å². The monoisotopic (exact) mass is 283 g/mol. The maximum atomic E-state index is 13.0. The zero-order chi connectivity index (χ0) is 14.8. The van der Waals surface area contributed by atoms with Gasteiger partial charge in [-0.3, -0.25) is 15.1 Å². The van der Waals surface area contributed by atoms with E-state index in [1.165, 1.54) is 30.5 Å². The minimum atomic E-state index is -3.27. The van der Waals surface area contributed by atoms with Crippen LogP contribution in [0.2, 0.25) is 0 Å². The zero-order valence-electron chi connectivity index (χ0n) is 10.2. The molecule has 106 valence electrons. The third-order valence-electron chi connectivity index (χ3n) is 2.71. The van der Waals surface area contributed by atoms with Crippen LogP contribution in [0.1, 0.15) is 0 Å². The van der Waals surface area contributed by atoms with E-state index >= 15 is 0 Å². The number of hydrogen-bond acceptors (Lipinski definition) is 5. The Kier molecular flexibility index (Phi) is 3.75. The Bertz CT molecular complexity index is 649. The number of fused-ring (bicyclic) bond motifs is 1. The standard InChI is InChI=1S/C12H11F2N3O3/c13-12(14,7-18)6-16-9-3-4-10(17(19)20)8-2-1-5-15-11(8)9/h1-5,16,18H,6-7H2. The number of nitrogens with one attached hydrogen (secondary N) is 1. The molecule has 0 atom stereocenters. The molecule has 1 aromatic heterocycles. The molecule has 6 nitrogen and oxygen atoms in total. The van der Waals surface area contributed by atoms with Crippen molar-refractivity contribution < 1.29 is 18.8 Å². The Morgan fingerprint density at radius 2 is 2.15 bits per heavy atom. The molecule has 0 aliphatic rings. The number of nitro benzene ring substituents is 1. The Balaban J connectivity index is 2.41. The summed E-state index contributed by atoms with van der Waals surface area (Å²) in [6, 6.07) is 5.57. The molecule has 2 aromatic rings. The molecule has 2 N–H and O–H groups in total. The lowest BCUT2D eigenvalue weighted by Gasteiger charge is -2.15. The van der Waals surface area contributed by atoms with Gasteiger partial charge in [-0.25, -0.2) is 8.78 Å². The molecule has 0 bridgehead atoms. The normalized spacial score (nSPS) is 11.6. The van der Waals surface area contributed by atoms with Crippen LogP contribution in [0.5, 0.6) is 0 Å². The lowest BCUT2D eigenvalue weighted by atomic mass is 10.1. The summed E-state index contributed by atoms with van der Waals surface area (Å²) in [7, 11) is 0. The molecule has 0 amide bonds. The molecule has 1 aromatic carbocycles. The Morgan fingerprint density at radius 1 is 1.40 bits per heavy atom. The molecule has 20 heavy (non-hydrogen) atoms. The van der Waals surface area contributed by atoms with E-state index in [1.54, 1.807) is 0 Å². The third-order valence-corrected chi connectivity index (χ3v) is 2.71. The fraction of sp³-hybridized carbons (Fsp3) is 0.250. The first-order valence-corrected chi connectivity index (χ1v) is 5.69. The van der Waals surface area contributed by atoms with Crippen LogP contribution in [0, 0.1) is 10.1 Å². The van der Waals surface area contributed by atoms with Gasteiger partial charge in [0.1, 0.15) is 12.1 Å². The van der Waals surface area contributed by atoms with Gasteiger partial charge in [0.05, 0.1) is 22.5 Å². The van der Waals surface area contributed by atoms with Gasteiger partial charge in [0.2, 0.25) is 0 Å². The predicted molar refractivity (Wildman–Crippen MR) is 68.9 cm³/mol. The molecule has 0 saturated carbocycles. The molecule has 2 rings (SSSR count). The first-order valence-electron chi connectivity index (χ1n) is 5.69. The average Bonchev–Trinajstić information content (AvgIpc) is 2.44. The van der Waals surface area contributed by atoms with Crippen molar-refractivity contribution in [3.05, 3.63) is 40.6 Å². The van der Waals surface area contributed by atoms with E-state index in [2.05, 4.69) is 10.3 Å². The van der Waals surface area contributed by atoms with Gasteiger partial charge in [0.25, 0.3) is 11.6 Å². The van der Waals surface area contributed by atoms with Gasteiger partial charge >= 0.3 is 0 Å². The van der Waals surface area contributed by atoms with Gasteiger partial charge in [-0.2, -0.15) is 0 Å². The van der Waals surface area contributed by atoms with Crippen LogP contribution in [-0.2, 0) is 0 Å². The van der Waals surface area contributed by atoms with Crippen LogP contribution in [0.25, 0.3) is 10.9 Å². The van der Waals surface area contributed by atoms with Crippen molar-refractivity contribution in [2.45, 2.75) is 5.92 Å². The summed E-state index contributed by atoms with van der Waals surface area (Å²) in [6.07, 6.45) is 1.42. The smallest absolute Gasteiger partial charge is 0.287 e. The number of anilines is 1. The van der Waals surface area contributed by atoms with Crippen LogP contribution in [0.15, 0.2) is 30.5 Å². The molecule has 0 saturated heterocycles. The summed E-state index contributed by atoms with van der Waals surface area (Å²) in [5, 5.41) is 22.1. The van der Waals surface area contributed by atoms with E-state index in [-0.39, 0.29) is 22.3 Å². The second-order valence-corrected chi connectivity index (χ2v) is 4.16. The highest BCUT2D eigenvalue weighted by Gasteiger charge is 2.27. The van der Waals surface area contributed by atoms with Crippen LogP contribution in [0.3, 0.4) is 0 Å². The quantitative estimate of drug-likeness (QED) is 0.648. The van der Waals surface area contributed by atoms with Crippen molar-refractivity contribution >= 4 is 22.3 Å². The first kappa shape index (κ1) is 14.1. The topological polar surface area (TPSA) is 88.3 Å². The van der Waals surface area contributed by atoms with Crippen LogP contribution < -0.4 is 5.32 Å². The Morgan fingerprint density at radius 3 is 2.80 bits per heavy atom. The summed E-state index contributed by atoms with van der Waals surface area (Å²) in [6.45, 7) is -2.06. The number of aromatic nitrogens is 1. The highest BCUT2D eigenvalue weighted by Crippen LogP contribution is 2.30. The van der Waals surface area contributed by atoms with Gasteiger partial charge in [0, 0.05) is 12.3 Å². The number of nitro groups is 1. The number of pyridine rings is 1. The first-order chi connectivity index (χ1) is 9.44. The van der Waals surface area contributed by atoms with Crippen molar-refractivity contribution in [2.24, 2.45) is 0 Å². The van der Waals surface area contributed by atoms with Crippen molar-refractivity contribution in [1.29, 1.82) is 0 Å². The maximum absolute atomic E-state index is 13.0. The minimum absolute atomic E-state index is 0.146. The molecule has 0 spiro atoms. The fourth-order valence-corrected chi connectivity index (χ4v) is 1.74. The molecular weight excluding hydrogens is 272 g/mol. The van der Waals surface area contributed by atoms with Gasteiger partial charge in [-0.15, -0.1) is 0 Å². The minimum Gasteiger partial charge on any atom is -0.390 e. The van der Waals surface area contributed by atoms with Gasteiger partial charge in [-0.1, -0.05) is 0 Å². The summed E-state index contributed by atoms with van der Waals surface area (Å²) in [5.41, 5.74) is 0.335. The predicted octanol–water partition coefficient (Wildman–Crippen LogP) is 2.18. The molecule has 0 aliphatic heterocycles. The highest BCUT2D eigenvalue weighted by molar-refractivity contribution is 5.96. The van der Waals surface area contributed by atoms with Crippen LogP contribution in [-0.4, -0.2) is 34.1 Å². The van der Waals surface area contributed by atoms with Crippen LogP contribution in [0.4, 0.5) is 20.2 Å². The maximum Gasteiger partial charge on any atom is 0.287 e. The highest BCUT2D eigenvalue weighted by atomic mass is 19.3. The number of non-ortho nitro benzene ring substituents is 1. The van der Waals surface area contributed by atoms with Gasteiger partial charge in [0.15, 0.2) is 0 Å². The molecule has 1 heterocycles.